The molecule has 0 spiro atoms. The molecule has 0 atom stereocenters. The van der Waals surface area contributed by atoms with Crippen LogP contribution in [0.4, 0.5) is 0 Å². The van der Waals surface area contributed by atoms with Gasteiger partial charge in [0.15, 0.2) is 0 Å². The molecule has 0 radical (unpaired) electrons. The van der Waals surface area contributed by atoms with E-state index in [2.05, 4.69) is 53.3 Å². The van der Waals surface area contributed by atoms with E-state index in [4.69, 9.17) is 4.42 Å². The molecule has 2 nitrogen and oxygen atoms in total. The zero-order valence-electron chi connectivity index (χ0n) is 11.2. The van der Waals surface area contributed by atoms with Crippen molar-refractivity contribution in [3.05, 3.63) is 52.4 Å². The van der Waals surface area contributed by atoms with Gasteiger partial charge in [-0.2, -0.15) is 0 Å². The molecule has 0 fully saturated rings. The average molecular weight is 340 g/mol. The topological polar surface area (TPSA) is 25.2 Å². The summed E-state index contributed by atoms with van der Waals surface area (Å²) in [5, 5.41) is 3.35. The zero-order chi connectivity index (χ0) is 13.7. The van der Waals surface area contributed by atoms with Crippen LogP contribution in [0.5, 0.6) is 0 Å². The Morgan fingerprint density at radius 1 is 1.16 bits per heavy atom. The summed E-state index contributed by atoms with van der Waals surface area (Å²) in [4.78, 5) is 1.24. The molecule has 0 aliphatic carbocycles. The van der Waals surface area contributed by atoms with Gasteiger partial charge in [0.2, 0.25) is 0 Å². The molecule has 0 aliphatic rings. The lowest BCUT2D eigenvalue weighted by Crippen LogP contribution is -2.21. The van der Waals surface area contributed by atoms with Gasteiger partial charge in [-0.05, 0) is 40.2 Å². The molecule has 0 unspecified atom stereocenters. The van der Waals surface area contributed by atoms with Gasteiger partial charge in [-0.15, -0.1) is 11.8 Å². The van der Waals surface area contributed by atoms with Crippen LogP contribution in [0.25, 0.3) is 0 Å². The molecule has 2 aromatic rings. The van der Waals surface area contributed by atoms with E-state index in [1.807, 2.05) is 18.2 Å². The highest BCUT2D eigenvalue weighted by Gasteiger charge is 2.05. The summed E-state index contributed by atoms with van der Waals surface area (Å²) in [6.07, 6.45) is 0. The molecule has 102 valence electrons. The predicted molar refractivity (Wildman–Crippen MR) is 84.4 cm³/mol. The van der Waals surface area contributed by atoms with Gasteiger partial charge in [0, 0.05) is 15.4 Å². The molecule has 0 bridgehead atoms. The van der Waals surface area contributed by atoms with Crippen LogP contribution in [0.2, 0.25) is 0 Å². The number of halogens is 1. The largest absolute Gasteiger partial charge is 0.464 e. The lowest BCUT2D eigenvalue weighted by molar-refractivity contribution is 0.445. The van der Waals surface area contributed by atoms with Gasteiger partial charge >= 0.3 is 0 Å². The monoisotopic (exact) mass is 339 g/mol. The maximum Gasteiger partial charge on any atom is 0.118 e. The Hall–Kier alpha value is -0.710. The maximum atomic E-state index is 5.80. The molecule has 2 rings (SSSR count). The second-order valence-electron chi connectivity index (χ2n) is 4.62. The third-order valence-corrected chi connectivity index (χ3v) is 4.66. The van der Waals surface area contributed by atoms with Crippen molar-refractivity contribution in [1.82, 2.24) is 5.32 Å². The number of rotatable bonds is 6. The molecular formula is C15H18BrNOS. The van der Waals surface area contributed by atoms with Crippen molar-refractivity contribution in [2.45, 2.75) is 37.1 Å². The Morgan fingerprint density at radius 2 is 1.89 bits per heavy atom. The summed E-state index contributed by atoms with van der Waals surface area (Å²) in [7, 11) is 0. The fourth-order valence-electron chi connectivity index (χ4n) is 1.61. The molecule has 1 heterocycles. The van der Waals surface area contributed by atoms with Gasteiger partial charge in [0.1, 0.15) is 11.5 Å². The summed E-state index contributed by atoms with van der Waals surface area (Å²) < 4.78 is 6.93. The molecule has 0 amide bonds. The van der Waals surface area contributed by atoms with Crippen LogP contribution in [0, 0.1) is 0 Å². The van der Waals surface area contributed by atoms with Gasteiger partial charge in [0.25, 0.3) is 0 Å². The van der Waals surface area contributed by atoms with Gasteiger partial charge in [-0.1, -0.05) is 26.0 Å². The zero-order valence-corrected chi connectivity index (χ0v) is 13.6. The highest BCUT2D eigenvalue weighted by atomic mass is 79.9. The van der Waals surface area contributed by atoms with Crippen molar-refractivity contribution in [3.63, 3.8) is 0 Å². The average Bonchev–Trinajstić information content (AvgIpc) is 2.83. The number of benzene rings is 1. The first-order chi connectivity index (χ1) is 9.15. The van der Waals surface area contributed by atoms with Crippen LogP contribution in [0.15, 0.2) is 50.2 Å². The van der Waals surface area contributed by atoms with Crippen molar-refractivity contribution < 1.29 is 4.42 Å². The minimum atomic E-state index is 0.475. The molecular weight excluding hydrogens is 322 g/mol. The quantitative estimate of drug-likeness (QED) is 0.763. The van der Waals surface area contributed by atoms with Crippen LogP contribution in [-0.4, -0.2) is 6.04 Å². The van der Waals surface area contributed by atoms with Crippen molar-refractivity contribution in [3.8, 4) is 0 Å². The van der Waals surface area contributed by atoms with E-state index < -0.39 is 0 Å². The smallest absolute Gasteiger partial charge is 0.118 e. The molecule has 0 saturated carbocycles. The van der Waals surface area contributed by atoms with Crippen molar-refractivity contribution in [2.24, 2.45) is 0 Å². The van der Waals surface area contributed by atoms with Crippen molar-refractivity contribution >= 4 is 27.7 Å². The summed E-state index contributed by atoms with van der Waals surface area (Å²) >= 11 is 5.33. The van der Waals surface area contributed by atoms with Crippen molar-refractivity contribution in [1.29, 1.82) is 0 Å². The highest BCUT2D eigenvalue weighted by Crippen LogP contribution is 2.30. The van der Waals surface area contributed by atoms with E-state index in [0.717, 1.165) is 28.3 Å². The first-order valence-electron chi connectivity index (χ1n) is 6.33. The van der Waals surface area contributed by atoms with Gasteiger partial charge in [-0.3, -0.25) is 0 Å². The SMILES string of the molecule is CC(C)NCc1ccc(CSc2ccccc2Br)o1. The molecule has 1 aromatic heterocycles. The number of thioether (sulfide) groups is 1. The Kier molecular flexibility index (Phi) is 5.55. The molecule has 0 saturated heterocycles. The normalized spacial score (nSPS) is 11.2. The number of hydrogen-bond acceptors (Lipinski definition) is 3. The first-order valence-corrected chi connectivity index (χ1v) is 8.11. The first kappa shape index (κ1) is 14.7. The van der Waals surface area contributed by atoms with E-state index >= 15 is 0 Å². The van der Waals surface area contributed by atoms with Crippen LogP contribution in [0.1, 0.15) is 25.4 Å². The van der Waals surface area contributed by atoms with Crippen LogP contribution in [0.3, 0.4) is 0 Å². The molecule has 4 heteroatoms. The fourth-order valence-corrected chi connectivity index (χ4v) is 3.07. The molecule has 1 aromatic carbocycles. The second-order valence-corrected chi connectivity index (χ2v) is 6.49. The predicted octanol–water partition coefficient (Wildman–Crippen LogP) is 4.83. The van der Waals surface area contributed by atoms with Gasteiger partial charge < -0.3 is 9.73 Å². The number of nitrogens with one attached hydrogen (secondary N) is 1. The van der Waals surface area contributed by atoms with Crippen LogP contribution < -0.4 is 5.32 Å². The summed E-state index contributed by atoms with van der Waals surface area (Å²) in [6, 6.07) is 12.8. The minimum Gasteiger partial charge on any atom is -0.464 e. The standard InChI is InChI=1S/C15H18BrNOS/c1-11(2)17-9-12-7-8-13(18-12)10-19-15-6-4-3-5-14(15)16/h3-8,11,17H,9-10H2,1-2H3. The maximum absolute atomic E-state index is 5.80. The Labute approximate surface area is 127 Å². The summed E-state index contributed by atoms with van der Waals surface area (Å²) in [5.41, 5.74) is 0. The second kappa shape index (κ2) is 7.17. The summed E-state index contributed by atoms with van der Waals surface area (Å²) in [6.45, 7) is 5.05. The lowest BCUT2D eigenvalue weighted by atomic mass is 10.3. The van der Waals surface area contributed by atoms with Gasteiger partial charge in [0.05, 0.1) is 12.3 Å². The molecule has 1 N–H and O–H groups in total. The van der Waals surface area contributed by atoms with E-state index in [1.54, 1.807) is 11.8 Å². The van der Waals surface area contributed by atoms with E-state index in [9.17, 15) is 0 Å². The van der Waals surface area contributed by atoms with E-state index in [0.29, 0.717) is 6.04 Å². The number of hydrogen-bond donors (Lipinski definition) is 1. The Bertz CT molecular complexity index is 524. The third-order valence-electron chi connectivity index (χ3n) is 2.61. The fraction of sp³-hybridized carbons (Fsp3) is 0.333. The lowest BCUT2D eigenvalue weighted by Gasteiger charge is -2.05. The van der Waals surface area contributed by atoms with Gasteiger partial charge in [-0.25, -0.2) is 0 Å². The Balaban J connectivity index is 1.88. The molecule has 19 heavy (non-hydrogen) atoms. The third kappa shape index (κ3) is 4.71. The Morgan fingerprint density at radius 3 is 2.63 bits per heavy atom. The molecule has 0 aliphatic heterocycles. The van der Waals surface area contributed by atoms with Crippen LogP contribution in [-0.2, 0) is 12.3 Å². The number of furan rings is 1. The highest BCUT2D eigenvalue weighted by molar-refractivity contribution is 9.10. The minimum absolute atomic E-state index is 0.475. The van der Waals surface area contributed by atoms with Crippen molar-refractivity contribution in [2.75, 3.05) is 0 Å². The van der Waals surface area contributed by atoms with E-state index in [-0.39, 0.29) is 0 Å². The summed E-state index contributed by atoms with van der Waals surface area (Å²) in [5.74, 6) is 2.86. The van der Waals surface area contributed by atoms with Crippen LogP contribution >= 0.6 is 27.7 Å². The van der Waals surface area contributed by atoms with E-state index in [1.165, 1.54) is 4.90 Å².